The van der Waals surface area contributed by atoms with Crippen molar-refractivity contribution in [3.63, 3.8) is 0 Å². The second-order valence-corrected chi connectivity index (χ2v) is 6.35. The van der Waals surface area contributed by atoms with Gasteiger partial charge in [0.1, 0.15) is 22.9 Å². The van der Waals surface area contributed by atoms with Crippen molar-refractivity contribution in [1.29, 1.82) is 0 Å². The maximum Gasteiger partial charge on any atom is 0.453 e. The number of benzene rings is 2. The zero-order valence-corrected chi connectivity index (χ0v) is 16.3. The monoisotopic (exact) mass is 440 g/mol. The van der Waals surface area contributed by atoms with Crippen molar-refractivity contribution in [2.24, 2.45) is 0 Å². The van der Waals surface area contributed by atoms with E-state index in [1.807, 2.05) is 0 Å². The minimum atomic E-state index is -5.06. The van der Waals surface area contributed by atoms with Crippen LogP contribution in [0, 0.1) is 12.7 Å². The van der Waals surface area contributed by atoms with Crippen LogP contribution in [0.3, 0.4) is 0 Å². The summed E-state index contributed by atoms with van der Waals surface area (Å²) in [6.45, 7) is 2.82. The van der Waals surface area contributed by atoms with Gasteiger partial charge in [-0.25, -0.2) is 9.18 Å². The second-order valence-electron chi connectivity index (χ2n) is 6.35. The predicted molar refractivity (Wildman–Crippen MR) is 101 cm³/mol. The topological polar surface area (TPSA) is 75.0 Å². The van der Waals surface area contributed by atoms with Gasteiger partial charge in [-0.3, -0.25) is 4.79 Å². The number of aryl methyl sites for hydroxylation is 1. The van der Waals surface area contributed by atoms with E-state index in [4.69, 9.17) is 18.6 Å². The van der Waals surface area contributed by atoms with Gasteiger partial charge in [0.25, 0.3) is 5.76 Å². The molecule has 1 aromatic heterocycles. The van der Waals surface area contributed by atoms with Crippen molar-refractivity contribution in [1.82, 2.24) is 0 Å². The van der Waals surface area contributed by atoms with Gasteiger partial charge < -0.3 is 18.6 Å². The summed E-state index contributed by atoms with van der Waals surface area (Å²) >= 11 is 0. The summed E-state index contributed by atoms with van der Waals surface area (Å²) in [6.07, 6.45) is -5.06. The third kappa shape index (κ3) is 4.96. The summed E-state index contributed by atoms with van der Waals surface area (Å²) in [5.74, 6) is -4.16. The Bertz CT molecular complexity index is 1170. The minimum Gasteiger partial charge on any atom is -0.481 e. The van der Waals surface area contributed by atoms with E-state index >= 15 is 0 Å². The summed E-state index contributed by atoms with van der Waals surface area (Å²) in [5, 5.41) is -0.189. The number of halogens is 4. The van der Waals surface area contributed by atoms with E-state index < -0.39 is 47.1 Å². The molecule has 0 radical (unpaired) electrons. The van der Waals surface area contributed by atoms with Gasteiger partial charge in [0.2, 0.25) is 11.2 Å². The summed E-state index contributed by atoms with van der Waals surface area (Å²) in [7, 11) is 0. The van der Waals surface area contributed by atoms with Gasteiger partial charge in [-0.15, -0.1) is 0 Å². The van der Waals surface area contributed by atoms with Crippen LogP contribution in [0.25, 0.3) is 11.0 Å². The molecule has 0 spiro atoms. The number of alkyl halides is 3. The van der Waals surface area contributed by atoms with Crippen LogP contribution in [-0.4, -0.2) is 19.2 Å². The first kappa shape index (κ1) is 22.1. The van der Waals surface area contributed by atoms with Crippen molar-refractivity contribution in [2.45, 2.75) is 20.0 Å². The molecule has 0 aliphatic carbocycles. The fourth-order valence-corrected chi connectivity index (χ4v) is 2.71. The predicted octanol–water partition coefficient (Wildman–Crippen LogP) is 4.99. The Morgan fingerprint density at radius 1 is 1.13 bits per heavy atom. The number of carbonyl (C=O) groups excluding carboxylic acids is 1. The summed E-state index contributed by atoms with van der Waals surface area (Å²) in [5.41, 5.74) is -1.11. The van der Waals surface area contributed by atoms with Crippen LogP contribution in [0.1, 0.15) is 18.2 Å². The third-order valence-corrected chi connectivity index (χ3v) is 4.09. The van der Waals surface area contributed by atoms with Crippen molar-refractivity contribution < 1.29 is 41.0 Å². The van der Waals surface area contributed by atoms with Crippen LogP contribution in [0.5, 0.6) is 17.2 Å². The Morgan fingerprint density at radius 3 is 2.42 bits per heavy atom. The lowest BCUT2D eigenvalue weighted by Crippen LogP contribution is -2.16. The zero-order valence-electron chi connectivity index (χ0n) is 16.3. The SMILES string of the molecule is CCOC(=O)COc1cc2oc(C(F)(F)F)c(Oc3ccc(F)cc3)c(=O)c2cc1C. The second kappa shape index (κ2) is 8.66. The van der Waals surface area contributed by atoms with Gasteiger partial charge in [0.15, 0.2) is 6.61 Å². The van der Waals surface area contributed by atoms with Crippen LogP contribution >= 0.6 is 0 Å². The molecule has 6 nitrogen and oxygen atoms in total. The molecule has 0 aliphatic rings. The normalized spacial score (nSPS) is 11.4. The molecule has 10 heteroatoms. The number of carbonyl (C=O) groups is 1. The smallest absolute Gasteiger partial charge is 0.453 e. The maximum atomic E-state index is 13.6. The van der Waals surface area contributed by atoms with Crippen molar-refractivity contribution in [3.05, 3.63) is 63.8 Å². The van der Waals surface area contributed by atoms with E-state index in [1.165, 1.54) is 13.0 Å². The average molecular weight is 440 g/mol. The highest BCUT2D eigenvalue weighted by atomic mass is 19.4. The molecule has 0 fully saturated rings. The summed E-state index contributed by atoms with van der Waals surface area (Å²) in [6, 6.07) is 6.46. The Balaban J connectivity index is 2.09. The van der Waals surface area contributed by atoms with Gasteiger partial charge >= 0.3 is 12.1 Å². The number of ether oxygens (including phenoxy) is 3. The van der Waals surface area contributed by atoms with Gasteiger partial charge in [-0.2, -0.15) is 13.2 Å². The van der Waals surface area contributed by atoms with Gasteiger partial charge in [0.05, 0.1) is 12.0 Å². The Kier molecular flexibility index (Phi) is 6.19. The highest BCUT2D eigenvalue weighted by Gasteiger charge is 2.40. The summed E-state index contributed by atoms with van der Waals surface area (Å²) < 4.78 is 73.9. The molecule has 1 heterocycles. The van der Waals surface area contributed by atoms with E-state index in [-0.39, 0.29) is 23.5 Å². The molecule has 31 heavy (non-hydrogen) atoms. The lowest BCUT2D eigenvalue weighted by Gasteiger charge is -2.14. The van der Waals surface area contributed by atoms with E-state index in [0.29, 0.717) is 5.56 Å². The molecule has 0 atom stereocenters. The number of hydrogen-bond donors (Lipinski definition) is 0. The van der Waals surface area contributed by atoms with E-state index in [0.717, 1.165) is 30.3 Å². The van der Waals surface area contributed by atoms with Gasteiger partial charge in [-0.1, -0.05) is 0 Å². The lowest BCUT2D eigenvalue weighted by molar-refractivity contribution is -0.154. The fraction of sp³-hybridized carbons (Fsp3) is 0.238. The summed E-state index contributed by atoms with van der Waals surface area (Å²) in [4.78, 5) is 24.3. The first-order chi connectivity index (χ1) is 14.6. The molecule has 0 aliphatic heterocycles. The van der Waals surface area contributed by atoms with Crippen LogP contribution in [-0.2, 0) is 15.7 Å². The van der Waals surface area contributed by atoms with Crippen LogP contribution < -0.4 is 14.9 Å². The molecule has 0 bridgehead atoms. The maximum absolute atomic E-state index is 13.6. The lowest BCUT2D eigenvalue weighted by atomic mass is 10.1. The standard InChI is InChI=1S/C21H16F4O6/c1-3-28-17(26)10-29-15-9-16-14(8-11(15)2)18(27)19(20(31-16)21(23,24)25)30-13-6-4-12(22)5-7-13/h4-9H,3,10H2,1-2H3. The van der Waals surface area contributed by atoms with Crippen molar-refractivity contribution >= 4 is 16.9 Å². The van der Waals surface area contributed by atoms with Crippen LogP contribution in [0.2, 0.25) is 0 Å². The molecule has 0 N–H and O–H groups in total. The molecule has 0 saturated carbocycles. The fourth-order valence-electron chi connectivity index (χ4n) is 2.71. The number of rotatable bonds is 6. The Morgan fingerprint density at radius 2 is 1.81 bits per heavy atom. The molecule has 0 unspecified atom stereocenters. The number of hydrogen-bond acceptors (Lipinski definition) is 6. The van der Waals surface area contributed by atoms with Crippen molar-refractivity contribution in [2.75, 3.05) is 13.2 Å². The molecule has 3 rings (SSSR count). The largest absolute Gasteiger partial charge is 0.481 e. The molecule has 3 aromatic rings. The molecule has 0 amide bonds. The highest BCUT2D eigenvalue weighted by Crippen LogP contribution is 2.39. The molecule has 2 aromatic carbocycles. The van der Waals surface area contributed by atoms with E-state index in [9.17, 15) is 27.2 Å². The third-order valence-electron chi connectivity index (χ3n) is 4.09. The zero-order chi connectivity index (χ0) is 22.8. The van der Waals surface area contributed by atoms with Crippen LogP contribution in [0.4, 0.5) is 17.6 Å². The first-order valence-electron chi connectivity index (χ1n) is 9.00. The average Bonchev–Trinajstić information content (AvgIpc) is 2.70. The highest BCUT2D eigenvalue weighted by molar-refractivity contribution is 5.81. The number of fused-ring (bicyclic) bond motifs is 1. The van der Waals surface area contributed by atoms with E-state index in [1.54, 1.807) is 6.92 Å². The Labute approximate surface area is 172 Å². The van der Waals surface area contributed by atoms with E-state index in [2.05, 4.69) is 0 Å². The molecule has 164 valence electrons. The van der Waals surface area contributed by atoms with Crippen LogP contribution in [0.15, 0.2) is 45.6 Å². The van der Waals surface area contributed by atoms with Gasteiger partial charge in [0, 0.05) is 6.07 Å². The van der Waals surface area contributed by atoms with Crippen molar-refractivity contribution in [3.8, 4) is 17.2 Å². The quantitative estimate of drug-likeness (QED) is 0.397. The molecule has 0 saturated heterocycles. The van der Waals surface area contributed by atoms with Gasteiger partial charge in [-0.05, 0) is 49.7 Å². The first-order valence-corrected chi connectivity index (χ1v) is 9.00. The molecular weight excluding hydrogens is 424 g/mol. The number of esters is 1. The molecular formula is C21H16F4O6. The Hall–Kier alpha value is -3.56. The minimum absolute atomic E-state index is 0.0454.